The second kappa shape index (κ2) is 4.05. The molecule has 92 valence electrons. The fourth-order valence-electron chi connectivity index (χ4n) is 2.31. The first kappa shape index (κ1) is 11.1. The van der Waals surface area contributed by atoms with Crippen molar-refractivity contribution in [2.75, 3.05) is 5.01 Å². The average molecular weight is 240 g/mol. The topological polar surface area (TPSA) is 40.3 Å². The highest BCUT2D eigenvalue weighted by Gasteiger charge is 2.37. The van der Waals surface area contributed by atoms with Gasteiger partial charge in [-0.15, -0.1) is 0 Å². The fraction of sp³-hybridized carbons (Fsp3) is 0.357. The van der Waals surface area contributed by atoms with Gasteiger partial charge in [-0.3, -0.25) is 9.98 Å². The molecule has 3 rings (SSSR count). The molecule has 2 heterocycles. The van der Waals surface area contributed by atoms with Crippen molar-refractivity contribution in [2.24, 2.45) is 15.1 Å². The third-order valence-corrected chi connectivity index (χ3v) is 3.43. The monoisotopic (exact) mass is 240 g/mol. The molecule has 0 unspecified atom stereocenters. The van der Waals surface area contributed by atoms with Gasteiger partial charge in [-0.05, 0) is 32.9 Å². The molecule has 0 fully saturated rings. The molecule has 0 N–H and O–H groups in total. The number of anilines is 1. The third-order valence-electron chi connectivity index (χ3n) is 3.43. The Hall–Kier alpha value is -1.97. The van der Waals surface area contributed by atoms with Gasteiger partial charge in [-0.25, -0.2) is 5.01 Å². The van der Waals surface area contributed by atoms with E-state index in [9.17, 15) is 0 Å². The molecule has 0 saturated heterocycles. The van der Waals surface area contributed by atoms with Crippen LogP contribution in [0.25, 0.3) is 0 Å². The molecule has 1 aromatic carbocycles. The van der Waals surface area contributed by atoms with E-state index in [1.54, 1.807) is 0 Å². The normalized spacial score (nSPS) is 26.4. The number of hydrogen-bond donors (Lipinski definition) is 0. The van der Waals surface area contributed by atoms with Crippen LogP contribution in [0.15, 0.2) is 45.4 Å². The maximum atomic E-state index is 4.73. The molecule has 0 radical (unpaired) electrons. The number of hydrogen-bond acceptors (Lipinski definition) is 4. The van der Waals surface area contributed by atoms with Gasteiger partial charge in [0.1, 0.15) is 6.04 Å². The molecule has 18 heavy (non-hydrogen) atoms. The molecular formula is C14H16N4. The molecule has 0 spiro atoms. The van der Waals surface area contributed by atoms with Crippen molar-refractivity contribution in [1.29, 1.82) is 0 Å². The summed E-state index contributed by atoms with van der Waals surface area (Å²) in [7, 11) is 0. The lowest BCUT2D eigenvalue weighted by Gasteiger charge is -2.26. The number of rotatable bonds is 1. The van der Waals surface area contributed by atoms with Crippen LogP contribution in [0.3, 0.4) is 0 Å². The van der Waals surface area contributed by atoms with E-state index in [2.05, 4.69) is 17.2 Å². The molecule has 0 aliphatic carbocycles. The summed E-state index contributed by atoms with van der Waals surface area (Å²) < 4.78 is 0. The van der Waals surface area contributed by atoms with Gasteiger partial charge in [0, 0.05) is 0 Å². The van der Waals surface area contributed by atoms with E-state index in [1.165, 1.54) is 0 Å². The predicted molar refractivity (Wildman–Crippen MR) is 75.8 cm³/mol. The summed E-state index contributed by atoms with van der Waals surface area (Å²) in [5, 5.41) is 6.58. The van der Waals surface area contributed by atoms with Crippen LogP contribution in [0.2, 0.25) is 0 Å². The van der Waals surface area contributed by atoms with E-state index >= 15 is 0 Å². The van der Waals surface area contributed by atoms with Crippen LogP contribution in [-0.4, -0.2) is 29.3 Å². The standard InChI is InChI=1S/C14H16N4/c1-9-10(2)16-14-13(15-9)11(3)17-18(14)12-7-5-4-6-8-12/h4-8,13-14H,1-3H3/t13-,14-/m0/s1. The second-order valence-electron chi connectivity index (χ2n) is 4.71. The molecule has 0 amide bonds. The fourth-order valence-corrected chi connectivity index (χ4v) is 2.31. The second-order valence-corrected chi connectivity index (χ2v) is 4.71. The lowest BCUT2D eigenvalue weighted by Crippen LogP contribution is -2.39. The van der Waals surface area contributed by atoms with Gasteiger partial charge in [0.25, 0.3) is 0 Å². The number of nitrogens with zero attached hydrogens (tertiary/aromatic N) is 4. The molecule has 0 bridgehead atoms. The van der Waals surface area contributed by atoms with E-state index < -0.39 is 0 Å². The third kappa shape index (κ3) is 1.65. The molecule has 4 nitrogen and oxygen atoms in total. The Morgan fingerprint density at radius 2 is 1.61 bits per heavy atom. The van der Waals surface area contributed by atoms with Crippen molar-refractivity contribution in [2.45, 2.75) is 33.0 Å². The number of para-hydroxylation sites is 1. The van der Waals surface area contributed by atoms with Crippen molar-refractivity contribution in [3.63, 3.8) is 0 Å². The molecule has 4 heteroatoms. The number of hydrazone groups is 1. The van der Waals surface area contributed by atoms with E-state index in [1.807, 2.05) is 44.0 Å². The van der Waals surface area contributed by atoms with Gasteiger partial charge in [0.2, 0.25) is 0 Å². The highest BCUT2D eigenvalue weighted by Crippen LogP contribution is 2.29. The molecule has 2 atom stereocenters. The summed E-state index contributed by atoms with van der Waals surface area (Å²) in [5.41, 5.74) is 4.11. The lowest BCUT2D eigenvalue weighted by molar-refractivity contribution is 0.626. The summed E-state index contributed by atoms with van der Waals surface area (Å²) in [6.45, 7) is 6.03. The van der Waals surface area contributed by atoms with Gasteiger partial charge >= 0.3 is 0 Å². The summed E-state index contributed by atoms with van der Waals surface area (Å²) in [5.74, 6) is 0. The summed E-state index contributed by atoms with van der Waals surface area (Å²) in [4.78, 5) is 9.43. The van der Waals surface area contributed by atoms with E-state index in [0.29, 0.717) is 0 Å². The molecule has 0 aromatic heterocycles. The van der Waals surface area contributed by atoms with Gasteiger partial charge in [-0.1, -0.05) is 18.2 Å². The maximum absolute atomic E-state index is 4.73. The van der Waals surface area contributed by atoms with Crippen LogP contribution >= 0.6 is 0 Å². The molecule has 0 saturated carbocycles. The minimum Gasteiger partial charge on any atom is -0.274 e. The van der Waals surface area contributed by atoms with Crippen LogP contribution < -0.4 is 5.01 Å². The highest BCUT2D eigenvalue weighted by molar-refractivity contribution is 6.41. The zero-order chi connectivity index (χ0) is 12.7. The number of aliphatic imine (C=N–C) groups is 2. The minimum atomic E-state index is -0.0175. The number of benzene rings is 1. The van der Waals surface area contributed by atoms with Crippen LogP contribution in [0.1, 0.15) is 20.8 Å². The molecule has 1 aromatic rings. The first-order valence-electron chi connectivity index (χ1n) is 6.15. The van der Waals surface area contributed by atoms with Crippen molar-refractivity contribution >= 4 is 22.8 Å². The predicted octanol–water partition coefficient (Wildman–Crippen LogP) is 2.51. The van der Waals surface area contributed by atoms with Crippen molar-refractivity contribution in [1.82, 2.24) is 0 Å². The highest BCUT2D eigenvalue weighted by atomic mass is 15.5. The smallest absolute Gasteiger partial charge is 0.170 e. The maximum Gasteiger partial charge on any atom is 0.170 e. The SMILES string of the molecule is CC1=N[C@@H]2[C@@H](N=C1C)C(C)=NN2c1ccccc1. The molecular weight excluding hydrogens is 224 g/mol. The molecule has 2 aliphatic heterocycles. The Balaban J connectivity index is 2.01. The lowest BCUT2D eigenvalue weighted by atomic mass is 10.1. The zero-order valence-electron chi connectivity index (χ0n) is 10.8. The van der Waals surface area contributed by atoms with Gasteiger partial charge < -0.3 is 0 Å². The quantitative estimate of drug-likeness (QED) is 0.743. The Morgan fingerprint density at radius 1 is 0.944 bits per heavy atom. The van der Waals surface area contributed by atoms with Crippen molar-refractivity contribution in [3.05, 3.63) is 30.3 Å². The minimum absolute atomic E-state index is 0.0175. The molecule has 2 aliphatic rings. The summed E-state index contributed by atoms with van der Waals surface area (Å²) in [6, 6.07) is 10.2. The van der Waals surface area contributed by atoms with Crippen LogP contribution in [-0.2, 0) is 0 Å². The Labute approximate surface area is 107 Å². The van der Waals surface area contributed by atoms with Crippen molar-refractivity contribution < 1.29 is 0 Å². The Kier molecular flexibility index (Phi) is 2.51. The number of fused-ring (bicyclic) bond motifs is 1. The van der Waals surface area contributed by atoms with Crippen LogP contribution in [0, 0.1) is 0 Å². The van der Waals surface area contributed by atoms with Gasteiger partial charge in [-0.2, -0.15) is 5.10 Å². The van der Waals surface area contributed by atoms with Gasteiger partial charge in [0.15, 0.2) is 6.17 Å². The van der Waals surface area contributed by atoms with Gasteiger partial charge in [0.05, 0.1) is 22.8 Å². The summed E-state index contributed by atoms with van der Waals surface area (Å²) in [6.07, 6.45) is -0.0175. The Morgan fingerprint density at radius 3 is 2.33 bits per heavy atom. The Bertz CT molecular complexity index is 556. The first-order chi connectivity index (χ1) is 8.66. The summed E-state index contributed by atoms with van der Waals surface area (Å²) >= 11 is 0. The van der Waals surface area contributed by atoms with E-state index in [4.69, 9.17) is 9.98 Å². The van der Waals surface area contributed by atoms with E-state index in [0.717, 1.165) is 22.8 Å². The first-order valence-corrected chi connectivity index (χ1v) is 6.15. The van der Waals surface area contributed by atoms with E-state index in [-0.39, 0.29) is 12.2 Å². The zero-order valence-corrected chi connectivity index (χ0v) is 10.8. The largest absolute Gasteiger partial charge is 0.274 e. The van der Waals surface area contributed by atoms with Crippen LogP contribution in [0.5, 0.6) is 0 Å². The van der Waals surface area contributed by atoms with Crippen LogP contribution in [0.4, 0.5) is 5.69 Å². The van der Waals surface area contributed by atoms with Crippen molar-refractivity contribution in [3.8, 4) is 0 Å². The average Bonchev–Trinajstić information content (AvgIpc) is 2.69.